The molecule has 1 aromatic heterocycles. The van der Waals surface area contributed by atoms with E-state index < -0.39 is 4.92 Å². The van der Waals surface area contributed by atoms with E-state index in [9.17, 15) is 10.1 Å². The topological polar surface area (TPSA) is 92.1 Å². The first-order valence-electron chi connectivity index (χ1n) is 5.57. The maximum atomic E-state index is 10.6. The molecule has 0 atom stereocenters. The van der Waals surface area contributed by atoms with Gasteiger partial charge in [0, 0.05) is 12.1 Å². The number of furan rings is 1. The van der Waals surface area contributed by atoms with E-state index >= 15 is 0 Å². The molecule has 2 aromatic rings. The van der Waals surface area contributed by atoms with Gasteiger partial charge in [0.05, 0.1) is 29.0 Å². The van der Waals surface area contributed by atoms with Gasteiger partial charge in [-0.1, -0.05) is 0 Å². The highest BCUT2D eigenvalue weighted by molar-refractivity contribution is 5.61. The van der Waals surface area contributed by atoms with E-state index in [0.29, 0.717) is 12.2 Å². The van der Waals surface area contributed by atoms with Crippen molar-refractivity contribution in [1.29, 1.82) is 5.26 Å². The van der Waals surface area contributed by atoms with Crippen LogP contribution < -0.4 is 5.32 Å². The van der Waals surface area contributed by atoms with Crippen LogP contribution in [0.2, 0.25) is 0 Å². The van der Waals surface area contributed by atoms with Gasteiger partial charge in [-0.3, -0.25) is 10.1 Å². The molecule has 6 nitrogen and oxygen atoms in total. The first-order chi connectivity index (χ1) is 9.11. The average molecular weight is 257 g/mol. The molecule has 96 valence electrons. The maximum Gasteiger partial charge on any atom is 0.270 e. The second-order valence-electron chi connectivity index (χ2n) is 3.98. The Hall–Kier alpha value is -2.81. The lowest BCUT2D eigenvalue weighted by molar-refractivity contribution is -0.384. The largest absolute Gasteiger partial charge is 0.467 e. The van der Waals surface area contributed by atoms with E-state index in [-0.39, 0.29) is 11.3 Å². The Kier molecular flexibility index (Phi) is 3.48. The van der Waals surface area contributed by atoms with Gasteiger partial charge in [-0.15, -0.1) is 0 Å². The molecule has 0 radical (unpaired) electrons. The molecule has 0 unspecified atom stereocenters. The fourth-order valence-corrected chi connectivity index (χ4v) is 1.65. The summed E-state index contributed by atoms with van der Waals surface area (Å²) in [6.45, 7) is 2.34. The van der Waals surface area contributed by atoms with Crippen LogP contribution in [0.4, 0.5) is 11.4 Å². The monoisotopic (exact) mass is 257 g/mol. The van der Waals surface area contributed by atoms with E-state index in [1.54, 1.807) is 6.26 Å². The number of rotatable bonds is 4. The molecule has 1 heterocycles. The van der Waals surface area contributed by atoms with E-state index in [0.717, 1.165) is 11.3 Å². The van der Waals surface area contributed by atoms with Crippen molar-refractivity contribution in [3.05, 3.63) is 57.5 Å². The summed E-state index contributed by atoms with van der Waals surface area (Å²) in [5.74, 6) is 0.766. The third-order valence-electron chi connectivity index (χ3n) is 2.74. The summed E-state index contributed by atoms with van der Waals surface area (Å²) in [5, 5.41) is 22.7. The quantitative estimate of drug-likeness (QED) is 0.671. The Labute approximate surface area is 109 Å². The third kappa shape index (κ3) is 2.72. The highest BCUT2D eigenvalue weighted by atomic mass is 16.6. The van der Waals surface area contributed by atoms with Gasteiger partial charge < -0.3 is 9.73 Å². The normalized spacial score (nSPS) is 9.89. The molecule has 0 aliphatic carbocycles. The van der Waals surface area contributed by atoms with Gasteiger partial charge in [-0.25, -0.2) is 0 Å². The summed E-state index contributed by atoms with van der Waals surface area (Å²) in [6, 6.07) is 7.91. The first-order valence-corrected chi connectivity index (χ1v) is 5.57. The smallest absolute Gasteiger partial charge is 0.270 e. The van der Waals surface area contributed by atoms with Gasteiger partial charge >= 0.3 is 0 Å². The number of anilines is 1. The number of nitriles is 1. The lowest BCUT2D eigenvalue weighted by atomic mass is 10.1. The van der Waals surface area contributed by atoms with Crippen molar-refractivity contribution in [2.75, 3.05) is 5.32 Å². The molecular weight excluding hydrogens is 246 g/mol. The van der Waals surface area contributed by atoms with Crippen molar-refractivity contribution in [3.8, 4) is 6.07 Å². The zero-order valence-electron chi connectivity index (χ0n) is 10.2. The van der Waals surface area contributed by atoms with Gasteiger partial charge in [-0.2, -0.15) is 5.26 Å². The second-order valence-corrected chi connectivity index (χ2v) is 3.98. The Morgan fingerprint density at radius 2 is 2.26 bits per heavy atom. The molecular formula is C13H11N3O3. The van der Waals surface area contributed by atoms with Crippen molar-refractivity contribution in [2.24, 2.45) is 0 Å². The zero-order valence-corrected chi connectivity index (χ0v) is 10.2. The number of hydrogen-bond donors (Lipinski definition) is 1. The molecule has 0 amide bonds. The zero-order chi connectivity index (χ0) is 13.8. The number of nitro benzene ring substituents is 1. The van der Waals surface area contributed by atoms with E-state index in [1.807, 2.05) is 19.1 Å². The summed E-state index contributed by atoms with van der Waals surface area (Å²) in [5.41, 5.74) is 1.69. The standard InChI is InChI=1S/C13H11N3O3/c1-9-4-5-19-13(9)8-15-12-3-2-11(16(17)18)6-10(12)7-14/h2-6,15H,8H2,1H3. The minimum Gasteiger partial charge on any atom is -0.467 e. The number of benzene rings is 1. The number of nitrogens with one attached hydrogen (secondary N) is 1. The minimum absolute atomic E-state index is 0.101. The molecule has 19 heavy (non-hydrogen) atoms. The molecule has 0 aliphatic heterocycles. The van der Waals surface area contributed by atoms with Gasteiger partial charge in [-0.05, 0) is 24.6 Å². The predicted octanol–water partition coefficient (Wildman–Crippen LogP) is 2.98. The van der Waals surface area contributed by atoms with E-state index in [4.69, 9.17) is 9.68 Å². The summed E-state index contributed by atoms with van der Waals surface area (Å²) in [7, 11) is 0. The van der Waals surface area contributed by atoms with Gasteiger partial charge in [0.2, 0.25) is 0 Å². The van der Waals surface area contributed by atoms with Crippen LogP contribution in [0.5, 0.6) is 0 Å². The molecule has 0 saturated heterocycles. The lowest BCUT2D eigenvalue weighted by Gasteiger charge is -2.07. The number of nitrogens with zero attached hydrogens (tertiary/aromatic N) is 2. The molecule has 0 spiro atoms. The van der Waals surface area contributed by atoms with Crippen LogP contribution in [0.1, 0.15) is 16.9 Å². The fourth-order valence-electron chi connectivity index (χ4n) is 1.65. The molecule has 0 fully saturated rings. The highest BCUT2D eigenvalue weighted by Crippen LogP contribution is 2.22. The van der Waals surface area contributed by atoms with Gasteiger partial charge in [0.1, 0.15) is 11.8 Å². The average Bonchev–Trinajstić information content (AvgIpc) is 2.81. The van der Waals surface area contributed by atoms with Gasteiger partial charge in [0.15, 0.2) is 0 Å². The SMILES string of the molecule is Cc1ccoc1CNc1ccc([N+](=O)[O-])cc1C#N. The summed E-state index contributed by atoms with van der Waals surface area (Å²) in [6.07, 6.45) is 1.59. The van der Waals surface area contributed by atoms with Crippen LogP contribution in [0, 0.1) is 28.4 Å². The second kappa shape index (κ2) is 5.23. The van der Waals surface area contributed by atoms with E-state index in [1.165, 1.54) is 18.2 Å². The van der Waals surface area contributed by atoms with Crippen molar-refractivity contribution < 1.29 is 9.34 Å². The molecule has 1 N–H and O–H groups in total. The van der Waals surface area contributed by atoms with E-state index in [2.05, 4.69) is 5.32 Å². The minimum atomic E-state index is -0.526. The Balaban J connectivity index is 2.19. The maximum absolute atomic E-state index is 10.6. The third-order valence-corrected chi connectivity index (χ3v) is 2.74. The Bertz CT molecular complexity index is 655. The summed E-state index contributed by atoms with van der Waals surface area (Å²) < 4.78 is 5.27. The Morgan fingerprint density at radius 3 is 2.84 bits per heavy atom. The van der Waals surface area contributed by atoms with Gasteiger partial charge in [0.25, 0.3) is 5.69 Å². The van der Waals surface area contributed by atoms with Crippen molar-refractivity contribution in [3.63, 3.8) is 0 Å². The molecule has 0 bridgehead atoms. The number of non-ortho nitro benzene ring substituents is 1. The molecule has 0 saturated carbocycles. The van der Waals surface area contributed by atoms with Crippen LogP contribution in [0.25, 0.3) is 0 Å². The molecule has 6 heteroatoms. The van der Waals surface area contributed by atoms with Crippen molar-refractivity contribution in [1.82, 2.24) is 0 Å². The van der Waals surface area contributed by atoms with Crippen LogP contribution >= 0.6 is 0 Å². The van der Waals surface area contributed by atoms with Crippen LogP contribution in [-0.2, 0) is 6.54 Å². The molecule has 2 rings (SSSR count). The van der Waals surface area contributed by atoms with Crippen LogP contribution in [0.15, 0.2) is 34.9 Å². The van der Waals surface area contributed by atoms with Crippen molar-refractivity contribution >= 4 is 11.4 Å². The highest BCUT2D eigenvalue weighted by Gasteiger charge is 2.11. The predicted molar refractivity (Wildman–Crippen MR) is 68.6 cm³/mol. The molecule has 0 aliphatic rings. The first kappa shape index (κ1) is 12.6. The van der Waals surface area contributed by atoms with Crippen LogP contribution in [0.3, 0.4) is 0 Å². The number of nitro groups is 1. The number of aryl methyl sites for hydroxylation is 1. The summed E-state index contributed by atoms with van der Waals surface area (Å²) >= 11 is 0. The Morgan fingerprint density at radius 1 is 1.47 bits per heavy atom. The van der Waals surface area contributed by atoms with Crippen LogP contribution in [-0.4, -0.2) is 4.92 Å². The lowest BCUT2D eigenvalue weighted by Crippen LogP contribution is -2.02. The fraction of sp³-hybridized carbons (Fsp3) is 0.154. The number of hydrogen-bond acceptors (Lipinski definition) is 5. The van der Waals surface area contributed by atoms with Crippen molar-refractivity contribution in [2.45, 2.75) is 13.5 Å². The summed E-state index contributed by atoms with van der Waals surface area (Å²) in [4.78, 5) is 10.1. The molecule has 1 aromatic carbocycles.